The first-order valence-corrected chi connectivity index (χ1v) is 6.51. The van der Waals surface area contributed by atoms with E-state index >= 15 is 0 Å². The third-order valence-electron chi connectivity index (χ3n) is 2.28. The number of anilines is 1. The van der Waals surface area contributed by atoms with Crippen LogP contribution in [0.25, 0.3) is 10.9 Å². The van der Waals surface area contributed by atoms with Crippen LogP contribution in [-0.4, -0.2) is 14.3 Å². The van der Waals surface area contributed by atoms with E-state index in [1.165, 1.54) is 23.3 Å². The summed E-state index contributed by atoms with van der Waals surface area (Å²) in [5.41, 5.74) is 7.59. The van der Waals surface area contributed by atoms with E-state index in [1.54, 1.807) is 12.5 Å². The van der Waals surface area contributed by atoms with Crippen LogP contribution in [0.2, 0.25) is 0 Å². The van der Waals surface area contributed by atoms with Crippen LogP contribution >= 0.6 is 23.3 Å². The van der Waals surface area contributed by atoms with Crippen molar-refractivity contribution in [3.05, 3.63) is 36.8 Å². The van der Waals surface area contributed by atoms with Gasteiger partial charge in [-0.25, -0.2) is 4.98 Å². The number of pyridine rings is 1. The molecule has 0 saturated carbocycles. The van der Waals surface area contributed by atoms with Crippen molar-refractivity contribution in [2.24, 2.45) is 0 Å². The Hall–Kier alpha value is -1.66. The van der Waals surface area contributed by atoms with Crippen molar-refractivity contribution < 1.29 is 0 Å². The van der Waals surface area contributed by atoms with Crippen molar-refractivity contribution in [1.82, 2.24) is 14.3 Å². The summed E-state index contributed by atoms with van der Waals surface area (Å²) >= 11 is 2.89. The van der Waals surface area contributed by atoms with E-state index in [4.69, 9.17) is 5.73 Å². The number of nitrogens with zero attached hydrogens (tertiary/aromatic N) is 3. The molecule has 2 heterocycles. The molecule has 84 valence electrons. The Bertz CT molecular complexity index is 652. The van der Waals surface area contributed by atoms with Crippen LogP contribution in [0.4, 0.5) is 5.69 Å². The maximum Gasteiger partial charge on any atom is 0.174 e. The van der Waals surface area contributed by atoms with Gasteiger partial charge in [-0.05, 0) is 17.6 Å². The molecule has 0 spiro atoms. The Morgan fingerprint density at radius 1 is 1.18 bits per heavy atom. The second-order valence-corrected chi connectivity index (χ2v) is 5.41. The number of para-hydroxylation sites is 1. The molecule has 0 radical (unpaired) electrons. The Kier molecular flexibility index (Phi) is 2.66. The predicted molar refractivity (Wildman–Crippen MR) is 70.2 cm³/mol. The van der Waals surface area contributed by atoms with Gasteiger partial charge in [-0.1, -0.05) is 30.0 Å². The summed E-state index contributed by atoms with van der Waals surface area (Å²) < 4.78 is 4.86. The van der Waals surface area contributed by atoms with Gasteiger partial charge in [-0.2, -0.15) is 4.37 Å². The lowest BCUT2D eigenvalue weighted by Gasteiger charge is -2.06. The van der Waals surface area contributed by atoms with Gasteiger partial charge >= 0.3 is 0 Å². The standard InChI is InChI=1S/C11H8N4S2/c12-8-5-13-9-4-2-1-3-7(9)10(8)16-11-14-6-15-17-11/h1-6H,12H2. The average Bonchev–Trinajstić information content (AvgIpc) is 2.86. The van der Waals surface area contributed by atoms with Crippen LogP contribution in [0.15, 0.2) is 46.0 Å². The minimum Gasteiger partial charge on any atom is -0.397 e. The SMILES string of the molecule is Nc1cnc2ccccc2c1Sc1ncns1. The monoisotopic (exact) mass is 260 g/mol. The highest BCUT2D eigenvalue weighted by Crippen LogP contribution is 2.36. The van der Waals surface area contributed by atoms with Crippen LogP contribution in [0.5, 0.6) is 0 Å². The molecule has 0 aliphatic carbocycles. The van der Waals surface area contributed by atoms with E-state index in [-0.39, 0.29) is 0 Å². The molecule has 0 fully saturated rings. The highest BCUT2D eigenvalue weighted by Gasteiger charge is 2.09. The van der Waals surface area contributed by atoms with Gasteiger partial charge in [0.2, 0.25) is 0 Å². The molecular weight excluding hydrogens is 252 g/mol. The third kappa shape index (κ3) is 1.96. The Balaban J connectivity index is 2.17. The van der Waals surface area contributed by atoms with Crippen LogP contribution in [0, 0.1) is 0 Å². The van der Waals surface area contributed by atoms with Crippen LogP contribution in [0.3, 0.4) is 0 Å². The molecule has 0 atom stereocenters. The second-order valence-electron chi connectivity index (χ2n) is 3.37. The molecule has 0 bridgehead atoms. The lowest BCUT2D eigenvalue weighted by Crippen LogP contribution is -1.92. The number of hydrogen-bond acceptors (Lipinski definition) is 6. The Morgan fingerprint density at radius 2 is 2.06 bits per heavy atom. The van der Waals surface area contributed by atoms with Gasteiger partial charge in [0.1, 0.15) is 6.33 Å². The van der Waals surface area contributed by atoms with Gasteiger partial charge in [0.05, 0.1) is 17.4 Å². The Labute approximate surface area is 106 Å². The second kappa shape index (κ2) is 4.31. The first-order chi connectivity index (χ1) is 8.34. The summed E-state index contributed by atoms with van der Waals surface area (Å²) in [5.74, 6) is 0. The zero-order valence-corrected chi connectivity index (χ0v) is 10.3. The van der Waals surface area contributed by atoms with Crippen molar-refractivity contribution in [2.45, 2.75) is 9.24 Å². The number of benzene rings is 1. The summed E-state index contributed by atoms with van der Waals surface area (Å²) in [4.78, 5) is 9.45. The number of nitrogens with two attached hydrogens (primary N) is 1. The summed E-state index contributed by atoms with van der Waals surface area (Å²) in [6.45, 7) is 0. The maximum atomic E-state index is 5.98. The molecule has 2 N–H and O–H groups in total. The van der Waals surface area contributed by atoms with Gasteiger partial charge in [0, 0.05) is 10.3 Å². The summed E-state index contributed by atoms with van der Waals surface area (Å²) in [5, 5.41) is 1.05. The molecule has 2 aromatic heterocycles. The van der Waals surface area contributed by atoms with Crippen molar-refractivity contribution >= 4 is 39.9 Å². The summed E-state index contributed by atoms with van der Waals surface area (Å²) in [6.07, 6.45) is 3.23. The van der Waals surface area contributed by atoms with E-state index in [9.17, 15) is 0 Å². The number of hydrogen-bond donors (Lipinski definition) is 1. The minimum absolute atomic E-state index is 0.670. The molecule has 0 saturated heterocycles. The smallest absolute Gasteiger partial charge is 0.174 e. The largest absolute Gasteiger partial charge is 0.397 e. The number of nitrogen functional groups attached to an aromatic ring is 1. The summed E-state index contributed by atoms with van der Waals surface area (Å²) in [7, 11) is 0. The molecule has 1 aromatic carbocycles. The zero-order chi connectivity index (χ0) is 11.7. The molecular formula is C11H8N4S2. The fraction of sp³-hybridized carbons (Fsp3) is 0. The fourth-order valence-electron chi connectivity index (χ4n) is 1.54. The molecule has 0 unspecified atom stereocenters. The molecule has 0 aliphatic heterocycles. The van der Waals surface area contributed by atoms with E-state index in [0.717, 1.165) is 20.1 Å². The number of fused-ring (bicyclic) bond motifs is 1. The van der Waals surface area contributed by atoms with Crippen LogP contribution in [-0.2, 0) is 0 Å². The predicted octanol–water partition coefficient (Wildman–Crippen LogP) is 2.82. The quantitative estimate of drug-likeness (QED) is 0.767. The van der Waals surface area contributed by atoms with Crippen molar-refractivity contribution in [2.75, 3.05) is 5.73 Å². The molecule has 3 rings (SSSR count). The van der Waals surface area contributed by atoms with Gasteiger partial charge < -0.3 is 5.73 Å². The first-order valence-electron chi connectivity index (χ1n) is 4.92. The highest BCUT2D eigenvalue weighted by atomic mass is 32.2. The lowest BCUT2D eigenvalue weighted by atomic mass is 10.2. The van der Waals surface area contributed by atoms with Crippen molar-refractivity contribution in [3.63, 3.8) is 0 Å². The fourth-order valence-corrected chi connectivity index (χ4v) is 3.08. The normalized spacial score (nSPS) is 10.8. The van der Waals surface area contributed by atoms with E-state index < -0.39 is 0 Å². The average molecular weight is 260 g/mol. The van der Waals surface area contributed by atoms with Gasteiger partial charge in [0.15, 0.2) is 4.34 Å². The van der Waals surface area contributed by atoms with Gasteiger partial charge in [-0.3, -0.25) is 4.98 Å². The zero-order valence-electron chi connectivity index (χ0n) is 8.70. The minimum atomic E-state index is 0.670. The molecule has 17 heavy (non-hydrogen) atoms. The molecule has 4 nitrogen and oxygen atoms in total. The number of rotatable bonds is 2. The first kappa shape index (κ1) is 10.5. The lowest BCUT2D eigenvalue weighted by molar-refractivity contribution is 1.21. The van der Waals surface area contributed by atoms with Gasteiger partial charge in [0.25, 0.3) is 0 Å². The molecule has 6 heteroatoms. The van der Waals surface area contributed by atoms with E-state index in [2.05, 4.69) is 14.3 Å². The van der Waals surface area contributed by atoms with E-state index in [1.807, 2.05) is 24.3 Å². The molecule has 0 amide bonds. The Morgan fingerprint density at radius 3 is 2.88 bits per heavy atom. The maximum absolute atomic E-state index is 5.98. The van der Waals surface area contributed by atoms with Crippen LogP contribution < -0.4 is 5.73 Å². The van der Waals surface area contributed by atoms with E-state index in [0.29, 0.717) is 5.69 Å². The summed E-state index contributed by atoms with van der Waals surface area (Å²) in [6, 6.07) is 7.93. The third-order valence-corrected chi connectivity index (χ3v) is 4.16. The van der Waals surface area contributed by atoms with Gasteiger partial charge in [-0.15, -0.1) is 0 Å². The molecule has 0 aliphatic rings. The number of aromatic nitrogens is 3. The topological polar surface area (TPSA) is 64.7 Å². The van der Waals surface area contributed by atoms with Crippen molar-refractivity contribution in [1.29, 1.82) is 0 Å². The van der Waals surface area contributed by atoms with Crippen molar-refractivity contribution in [3.8, 4) is 0 Å². The molecule has 3 aromatic rings. The highest BCUT2D eigenvalue weighted by molar-refractivity contribution is 8.01. The van der Waals surface area contributed by atoms with Crippen LogP contribution in [0.1, 0.15) is 0 Å².